The number of amides is 1. The standard InChI is InChI=1S/C22H24Cl2FN3O3S/c1-32(30,31)26-22(29)18-12-19(23)15(10-21(18)25)13-27-6-8-28(9-7-27)16-4-5-17(14-2-3-14)20(24)11-16/h4-5,10-12,14H,2-3,6-9,13H2,1H3,(H,26,29). The molecule has 172 valence electrons. The van der Waals surface area contributed by atoms with Crippen LogP contribution in [0.15, 0.2) is 30.3 Å². The SMILES string of the molecule is CS(=O)(=O)NC(=O)c1cc(Cl)c(CN2CCN(c3ccc(C4CC4)c(Cl)c3)CC2)cc1F. The predicted octanol–water partition coefficient (Wildman–Crippen LogP) is 4.02. The van der Waals surface area contributed by atoms with Crippen molar-refractivity contribution in [3.05, 3.63) is 62.9 Å². The van der Waals surface area contributed by atoms with Gasteiger partial charge in [-0.2, -0.15) is 0 Å². The molecule has 2 aliphatic rings. The van der Waals surface area contributed by atoms with E-state index in [0.29, 0.717) is 18.0 Å². The minimum atomic E-state index is -3.80. The van der Waals surface area contributed by atoms with Crippen molar-refractivity contribution in [2.75, 3.05) is 37.3 Å². The topological polar surface area (TPSA) is 69.7 Å². The quantitative estimate of drug-likeness (QED) is 0.649. The van der Waals surface area contributed by atoms with Gasteiger partial charge >= 0.3 is 0 Å². The zero-order valence-corrected chi connectivity index (χ0v) is 19.9. The number of carbonyl (C=O) groups excluding carboxylic acids is 1. The fourth-order valence-electron chi connectivity index (χ4n) is 3.95. The van der Waals surface area contributed by atoms with Gasteiger partial charge in [-0.1, -0.05) is 29.3 Å². The molecule has 2 aromatic rings. The maximum absolute atomic E-state index is 14.5. The molecule has 4 rings (SSSR count). The van der Waals surface area contributed by atoms with Gasteiger partial charge in [0.1, 0.15) is 5.82 Å². The zero-order valence-electron chi connectivity index (χ0n) is 17.6. The Labute approximate surface area is 197 Å². The van der Waals surface area contributed by atoms with Crippen molar-refractivity contribution >= 4 is 44.8 Å². The van der Waals surface area contributed by atoms with E-state index in [1.165, 1.54) is 30.5 Å². The first kappa shape index (κ1) is 23.3. The maximum Gasteiger partial charge on any atom is 0.267 e. The van der Waals surface area contributed by atoms with Gasteiger partial charge in [0.2, 0.25) is 10.0 Å². The molecule has 1 amide bonds. The van der Waals surface area contributed by atoms with E-state index in [9.17, 15) is 17.6 Å². The van der Waals surface area contributed by atoms with Crippen LogP contribution < -0.4 is 9.62 Å². The molecule has 1 aliphatic heterocycles. The lowest BCUT2D eigenvalue weighted by molar-refractivity contribution is 0.0977. The van der Waals surface area contributed by atoms with Gasteiger partial charge in [0.15, 0.2) is 0 Å². The molecular formula is C22H24Cl2FN3O3S. The van der Waals surface area contributed by atoms with E-state index in [4.69, 9.17) is 23.2 Å². The summed E-state index contributed by atoms with van der Waals surface area (Å²) in [5, 5.41) is 1.05. The average molecular weight is 500 g/mol. The lowest BCUT2D eigenvalue weighted by Gasteiger charge is -2.36. The van der Waals surface area contributed by atoms with E-state index in [2.05, 4.69) is 21.9 Å². The number of hydrogen-bond acceptors (Lipinski definition) is 5. The molecule has 0 bridgehead atoms. The van der Waals surface area contributed by atoms with Crippen LogP contribution in [0.5, 0.6) is 0 Å². The van der Waals surface area contributed by atoms with Crippen LogP contribution in [0.25, 0.3) is 0 Å². The summed E-state index contributed by atoms with van der Waals surface area (Å²) < 4.78 is 38.7. The number of halogens is 3. The molecule has 2 aromatic carbocycles. The molecule has 10 heteroatoms. The van der Waals surface area contributed by atoms with Crippen molar-refractivity contribution in [3.63, 3.8) is 0 Å². The second-order valence-electron chi connectivity index (χ2n) is 8.37. The molecular weight excluding hydrogens is 476 g/mol. The van der Waals surface area contributed by atoms with Gasteiger partial charge < -0.3 is 4.90 Å². The van der Waals surface area contributed by atoms with Crippen LogP contribution in [0.4, 0.5) is 10.1 Å². The van der Waals surface area contributed by atoms with E-state index in [-0.39, 0.29) is 5.02 Å². The molecule has 1 saturated carbocycles. The van der Waals surface area contributed by atoms with E-state index in [1.807, 2.05) is 6.07 Å². The number of rotatable bonds is 6. The summed E-state index contributed by atoms with van der Waals surface area (Å²) in [6.07, 6.45) is 3.25. The van der Waals surface area contributed by atoms with E-state index in [1.54, 1.807) is 4.72 Å². The Morgan fingerprint density at radius 2 is 1.78 bits per heavy atom. The molecule has 0 radical (unpaired) electrons. The molecule has 1 heterocycles. The Hall–Kier alpha value is -1.87. The summed E-state index contributed by atoms with van der Waals surface area (Å²) in [4.78, 5) is 16.4. The van der Waals surface area contributed by atoms with Crippen molar-refractivity contribution in [3.8, 4) is 0 Å². The molecule has 0 unspecified atom stereocenters. The molecule has 1 aliphatic carbocycles. The highest BCUT2D eigenvalue weighted by atomic mass is 35.5. The molecule has 0 atom stereocenters. The molecule has 0 aromatic heterocycles. The van der Waals surface area contributed by atoms with Crippen LogP contribution in [-0.4, -0.2) is 51.7 Å². The first-order chi connectivity index (χ1) is 15.1. The van der Waals surface area contributed by atoms with Gasteiger partial charge in [-0.25, -0.2) is 17.5 Å². The van der Waals surface area contributed by atoms with Crippen LogP contribution >= 0.6 is 23.2 Å². The minimum Gasteiger partial charge on any atom is -0.369 e. The van der Waals surface area contributed by atoms with Crippen molar-refractivity contribution in [1.29, 1.82) is 0 Å². The number of piperazine rings is 1. The fraction of sp³-hybridized carbons (Fsp3) is 0.409. The van der Waals surface area contributed by atoms with Gasteiger partial charge in [0.25, 0.3) is 5.91 Å². The molecule has 0 spiro atoms. The zero-order chi connectivity index (χ0) is 23.0. The third-order valence-corrected chi connectivity index (χ3v) is 7.03. The second kappa shape index (κ2) is 9.17. The highest BCUT2D eigenvalue weighted by Gasteiger charge is 2.27. The Kier molecular flexibility index (Phi) is 6.68. The lowest BCUT2D eigenvalue weighted by Crippen LogP contribution is -2.46. The van der Waals surface area contributed by atoms with E-state index >= 15 is 0 Å². The first-order valence-corrected chi connectivity index (χ1v) is 13.0. The van der Waals surface area contributed by atoms with Gasteiger partial charge in [-0.3, -0.25) is 9.69 Å². The summed E-state index contributed by atoms with van der Waals surface area (Å²) >= 11 is 12.7. The minimum absolute atomic E-state index is 0.218. The number of benzene rings is 2. The molecule has 2 fully saturated rings. The number of sulfonamides is 1. The Morgan fingerprint density at radius 3 is 2.38 bits per heavy atom. The third-order valence-electron chi connectivity index (χ3n) is 5.79. The number of nitrogens with zero attached hydrogens (tertiary/aromatic N) is 2. The summed E-state index contributed by atoms with van der Waals surface area (Å²) in [6.45, 7) is 3.55. The highest BCUT2D eigenvalue weighted by molar-refractivity contribution is 7.89. The van der Waals surface area contributed by atoms with Crippen LogP contribution in [0.1, 0.15) is 40.2 Å². The molecule has 1 N–H and O–H groups in total. The molecule has 6 nitrogen and oxygen atoms in total. The van der Waals surface area contributed by atoms with Crippen molar-refractivity contribution in [1.82, 2.24) is 9.62 Å². The number of anilines is 1. The van der Waals surface area contributed by atoms with Gasteiger partial charge in [-0.15, -0.1) is 0 Å². The van der Waals surface area contributed by atoms with Crippen LogP contribution in [0.3, 0.4) is 0 Å². The van der Waals surface area contributed by atoms with Crippen molar-refractivity contribution in [2.24, 2.45) is 0 Å². The van der Waals surface area contributed by atoms with Crippen LogP contribution in [0.2, 0.25) is 10.0 Å². The van der Waals surface area contributed by atoms with Gasteiger partial charge in [0, 0.05) is 48.5 Å². The predicted molar refractivity (Wildman–Crippen MR) is 125 cm³/mol. The number of hydrogen-bond donors (Lipinski definition) is 1. The molecule has 1 saturated heterocycles. The lowest BCUT2D eigenvalue weighted by atomic mass is 10.1. The fourth-order valence-corrected chi connectivity index (χ4v) is 4.95. The second-order valence-corrected chi connectivity index (χ2v) is 10.9. The van der Waals surface area contributed by atoms with Crippen molar-refractivity contribution < 1.29 is 17.6 Å². The van der Waals surface area contributed by atoms with Crippen molar-refractivity contribution in [2.45, 2.75) is 25.3 Å². The van der Waals surface area contributed by atoms with Crippen LogP contribution in [0, 0.1) is 5.82 Å². The number of nitrogens with one attached hydrogen (secondary N) is 1. The third kappa shape index (κ3) is 5.54. The highest BCUT2D eigenvalue weighted by Crippen LogP contribution is 2.44. The summed E-state index contributed by atoms with van der Waals surface area (Å²) in [7, 11) is -3.80. The maximum atomic E-state index is 14.5. The smallest absolute Gasteiger partial charge is 0.267 e. The van der Waals surface area contributed by atoms with Gasteiger partial charge in [0.05, 0.1) is 11.8 Å². The molecule has 32 heavy (non-hydrogen) atoms. The van der Waals surface area contributed by atoms with E-state index in [0.717, 1.165) is 43.1 Å². The van der Waals surface area contributed by atoms with E-state index < -0.39 is 27.3 Å². The average Bonchev–Trinajstić information content (AvgIpc) is 3.55. The summed E-state index contributed by atoms with van der Waals surface area (Å²) in [5.41, 5.74) is 2.48. The van der Waals surface area contributed by atoms with Crippen LogP contribution in [-0.2, 0) is 16.6 Å². The number of carbonyl (C=O) groups is 1. The van der Waals surface area contributed by atoms with Gasteiger partial charge in [-0.05, 0) is 54.2 Å². The largest absolute Gasteiger partial charge is 0.369 e. The Balaban J connectivity index is 1.38. The Morgan fingerprint density at radius 1 is 1.09 bits per heavy atom. The Bertz CT molecular complexity index is 1150. The normalized spacial score (nSPS) is 17.4. The first-order valence-electron chi connectivity index (χ1n) is 10.4. The summed E-state index contributed by atoms with van der Waals surface area (Å²) in [6, 6.07) is 8.67. The monoisotopic (exact) mass is 499 g/mol. The summed E-state index contributed by atoms with van der Waals surface area (Å²) in [5.74, 6) is -1.24.